The van der Waals surface area contributed by atoms with Gasteiger partial charge in [0.1, 0.15) is 0 Å². The van der Waals surface area contributed by atoms with Gasteiger partial charge in [0.15, 0.2) is 0 Å². The summed E-state index contributed by atoms with van der Waals surface area (Å²) in [6.45, 7) is 6.30. The Labute approximate surface area is 117 Å². The average molecular weight is 280 g/mol. The van der Waals surface area contributed by atoms with Crippen molar-refractivity contribution in [1.82, 2.24) is 4.90 Å². The third-order valence-electron chi connectivity index (χ3n) is 3.12. The first-order chi connectivity index (χ1) is 8.72. The number of nitrogens with zero attached hydrogens (tertiary/aromatic N) is 1. The van der Waals surface area contributed by atoms with E-state index in [1.807, 2.05) is 11.3 Å². The van der Waals surface area contributed by atoms with Crippen LogP contribution in [0.1, 0.15) is 30.3 Å². The molecule has 0 aliphatic rings. The number of likely N-dealkylation sites (N-methyl/N-ethyl adjacent to an activating group) is 1. The van der Waals surface area contributed by atoms with Gasteiger partial charge in [-0.25, -0.2) is 0 Å². The van der Waals surface area contributed by atoms with E-state index in [2.05, 4.69) is 53.1 Å². The van der Waals surface area contributed by atoms with Gasteiger partial charge in [-0.15, -0.1) is 11.3 Å². The first-order valence-corrected chi connectivity index (χ1v) is 8.08. The second kappa shape index (κ2) is 6.48. The van der Waals surface area contributed by atoms with Crippen LogP contribution in [0.15, 0.2) is 34.3 Å². The van der Waals surface area contributed by atoms with Crippen LogP contribution in [0.5, 0.6) is 0 Å². The van der Waals surface area contributed by atoms with Crippen LogP contribution >= 0.6 is 22.7 Å². The summed E-state index contributed by atoms with van der Waals surface area (Å²) in [5.41, 5.74) is 7.54. The minimum Gasteiger partial charge on any atom is -0.326 e. The summed E-state index contributed by atoms with van der Waals surface area (Å²) >= 11 is 3.55. The third-order valence-corrected chi connectivity index (χ3v) is 4.68. The highest BCUT2D eigenvalue weighted by molar-refractivity contribution is 7.09. The van der Waals surface area contributed by atoms with E-state index in [9.17, 15) is 0 Å². The van der Waals surface area contributed by atoms with Gasteiger partial charge in [-0.3, -0.25) is 4.90 Å². The second-order valence-electron chi connectivity index (χ2n) is 4.50. The summed E-state index contributed by atoms with van der Waals surface area (Å²) < 4.78 is 0. The molecule has 0 saturated heterocycles. The van der Waals surface area contributed by atoms with E-state index in [-0.39, 0.29) is 6.04 Å². The van der Waals surface area contributed by atoms with E-state index in [4.69, 9.17) is 5.73 Å². The van der Waals surface area contributed by atoms with E-state index in [0.29, 0.717) is 6.04 Å². The van der Waals surface area contributed by atoms with Crippen molar-refractivity contribution >= 4 is 22.7 Å². The molecule has 4 heteroatoms. The molecule has 2 rings (SSSR count). The lowest BCUT2D eigenvalue weighted by Crippen LogP contribution is -2.38. The zero-order valence-electron chi connectivity index (χ0n) is 10.9. The summed E-state index contributed by atoms with van der Waals surface area (Å²) in [5.74, 6) is 0. The molecular weight excluding hydrogens is 260 g/mol. The summed E-state index contributed by atoms with van der Waals surface area (Å²) in [6, 6.07) is 6.94. The molecule has 98 valence electrons. The molecule has 2 aromatic heterocycles. The summed E-state index contributed by atoms with van der Waals surface area (Å²) in [6.07, 6.45) is 0. The molecule has 0 aromatic carbocycles. The van der Waals surface area contributed by atoms with Gasteiger partial charge in [-0.1, -0.05) is 13.0 Å². The first-order valence-electron chi connectivity index (χ1n) is 6.26. The fourth-order valence-corrected chi connectivity index (χ4v) is 3.72. The number of hydrogen-bond acceptors (Lipinski definition) is 4. The number of thiophene rings is 2. The van der Waals surface area contributed by atoms with Crippen molar-refractivity contribution in [2.45, 2.75) is 32.5 Å². The molecule has 0 amide bonds. The van der Waals surface area contributed by atoms with Gasteiger partial charge in [0.05, 0.1) is 6.04 Å². The fourth-order valence-electron chi connectivity index (χ4n) is 2.30. The SMILES string of the molecule is CCN(Cc1cccs1)C(c1ccsc1)C(C)N. The lowest BCUT2D eigenvalue weighted by Gasteiger charge is -2.32. The minimum atomic E-state index is 0.138. The van der Waals surface area contributed by atoms with E-state index in [0.717, 1.165) is 13.1 Å². The van der Waals surface area contributed by atoms with Crippen molar-refractivity contribution in [3.05, 3.63) is 44.8 Å². The largest absolute Gasteiger partial charge is 0.326 e. The highest BCUT2D eigenvalue weighted by Gasteiger charge is 2.23. The maximum Gasteiger partial charge on any atom is 0.0508 e. The van der Waals surface area contributed by atoms with Gasteiger partial charge in [-0.05, 0) is 47.3 Å². The molecule has 0 radical (unpaired) electrons. The Kier molecular flexibility index (Phi) is 4.95. The van der Waals surface area contributed by atoms with Crippen LogP contribution in [-0.2, 0) is 6.54 Å². The van der Waals surface area contributed by atoms with Gasteiger partial charge in [0.2, 0.25) is 0 Å². The Morgan fingerprint density at radius 1 is 1.33 bits per heavy atom. The summed E-state index contributed by atoms with van der Waals surface area (Å²) in [7, 11) is 0. The van der Waals surface area contributed by atoms with Crippen molar-refractivity contribution in [3.63, 3.8) is 0 Å². The Hall–Kier alpha value is -0.680. The van der Waals surface area contributed by atoms with Gasteiger partial charge in [-0.2, -0.15) is 11.3 Å². The van der Waals surface area contributed by atoms with E-state index < -0.39 is 0 Å². The van der Waals surface area contributed by atoms with Crippen molar-refractivity contribution in [2.24, 2.45) is 5.73 Å². The van der Waals surface area contributed by atoms with Gasteiger partial charge >= 0.3 is 0 Å². The predicted molar refractivity (Wildman–Crippen MR) is 81.1 cm³/mol. The molecule has 2 heterocycles. The van der Waals surface area contributed by atoms with Crippen LogP contribution in [0, 0.1) is 0 Å². The zero-order valence-corrected chi connectivity index (χ0v) is 12.5. The molecule has 0 aliphatic carbocycles. The lowest BCUT2D eigenvalue weighted by atomic mass is 10.0. The third kappa shape index (κ3) is 3.20. The van der Waals surface area contributed by atoms with E-state index in [1.165, 1.54) is 10.4 Å². The summed E-state index contributed by atoms with van der Waals surface area (Å²) in [4.78, 5) is 3.86. The minimum absolute atomic E-state index is 0.138. The molecule has 2 nitrogen and oxygen atoms in total. The predicted octanol–water partition coefficient (Wildman–Crippen LogP) is 3.72. The second-order valence-corrected chi connectivity index (χ2v) is 6.32. The van der Waals surface area contributed by atoms with Gasteiger partial charge in [0.25, 0.3) is 0 Å². The molecule has 2 unspecified atom stereocenters. The number of rotatable bonds is 6. The maximum atomic E-state index is 6.20. The normalized spacial score (nSPS) is 14.9. The molecule has 0 saturated carbocycles. The van der Waals surface area contributed by atoms with Crippen molar-refractivity contribution < 1.29 is 0 Å². The Bertz CT molecular complexity index is 434. The highest BCUT2D eigenvalue weighted by Crippen LogP contribution is 2.27. The topological polar surface area (TPSA) is 29.3 Å². The molecule has 0 fully saturated rings. The van der Waals surface area contributed by atoms with Crippen molar-refractivity contribution in [1.29, 1.82) is 0 Å². The molecule has 0 aliphatic heterocycles. The molecular formula is C14H20N2S2. The zero-order chi connectivity index (χ0) is 13.0. The molecule has 18 heavy (non-hydrogen) atoms. The molecule has 0 spiro atoms. The Balaban J connectivity index is 2.17. The summed E-state index contributed by atoms with van der Waals surface area (Å²) in [5, 5.41) is 6.48. The number of nitrogens with two attached hydrogens (primary N) is 1. The lowest BCUT2D eigenvalue weighted by molar-refractivity contribution is 0.179. The smallest absolute Gasteiger partial charge is 0.0508 e. The molecule has 0 bridgehead atoms. The molecule has 2 atom stereocenters. The Morgan fingerprint density at radius 2 is 2.17 bits per heavy atom. The van der Waals surface area contributed by atoms with Crippen LogP contribution < -0.4 is 5.73 Å². The van der Waals surface area contributed by atoms with Crippen LogP contribution in [0.2, 0.25) is 0 Å². The van der Waals surface area contributed by atoms with Crippen LogP contribution in [0.4, 0.5) is 0 Å². The molecule has 2 N–H and O–H groups in total. The quantitative estimate of drug-likeness (QED) is 0.874. The first kappa shape index (κ1) is 13.7. The standard InChI is InChI=1S/C14H20N2S2/c1-3-16(9-13-5-4-7-18-13)14(11(2)15)12-6-8-17-10-12/h4-8,10-11,14H,3,9,15H2,1-2H3. The van der Waals surface area contributed by atoms with Gasteiger partial charge < -0.3 is 5.73 Å². The fraction of sp³-hybridized carbons (Fsp3) is 0.429. The van der Waals surface area contributed by atoms with Crippen LogP contribution in [0.3, 0.4) is 0 Å². The number of hydrogen-bond donors (Lipinski definition) is 1. The van der Waals surface area contributed by atoms with Gasteiger partial charge in [0, 0.05) is 17.5 Å². The van der Waals surface area contributed by atoms with E-state index in [1.54, 1.807) is 11.3 Å². The van der Waals surface area contributed by atoms with Crippen molar-refractivity contribution in [3.8, 4) is 0 Å². The highest BCUT2D eigenvalue weighted by atomic mass is 32.1. The van der Waals surface area contributed by atoms with Crippen LogP contribution in [0.25, 0.3) is 0 Å². The van der Waals surface area contributed by atoms with Crippen molar-refractivity contribution in [2.75, 3.05) is 6.54 Å². The maximum absolute atomic E-state index is 6.20. The average Bonchev–Trinajstić information content (AvgIpc) is 3.00. The van der Waals surface area contributed by atoms with E-state index >= 15 is 0 Å². The monoisotopic (exact) mass is 280 g/mol. The Morgan fingerprint density at radius 3 is 2.67 bits per heavy atom. The molecule has 2 aromatic rings. The van der Waals surface area contributed by atoms with Crippen LogP contribution in [-0.4, -0.2) is 17.5 Å².